The molecule has 0 amide bonds. The van der Waals surface area contributed by atoms with E-state index in [2.05, 4.69) is 81.5 Å². The van der Waals surface area contributed by atoms with E-state index in [-0.39, 0.29) is 31.1 Å². The van der Waals surface area contributed by atoms with E-state index >= 15 is 0 Å². The van der Waals surface area contributed by atoms with Gasteiger partial charge in [0, 0.05) is 19.3 Å². The zero-order chi connectivity index (χ0) is 47.2. The highest BCUT2D eigenvalue weighted by Crippen LogP contribution is 2.16. The third kappa shape index (κ3) is 51.9. The van der Waals surface area contributed by atoms with Crippen LogP contribution in [0.4, 0.5) is 0 Å². The zero-order valence-electron chi connectivity index (χ0n) is 43.0. The minimum absolute atomic E-state index is 0.0837. The topological polar surface area (TPSA) is 78.9 Å². The van der Waals surface area contributed by atoms with E-state index < -0.39 is 6.10 Å². The number of unbranched alkanes of at least 4 members (excludes halogenated alkanes) is 29. The van der Waals surface area contributed by atoms with E-state index in [1.54, 1.807) is 0 Å². The molecule has 0 aliphatic heterocycles. The molecule has 0 saturated carbocycles. The van der Waals surface area contributed by atoms with Crippen molar-refractivity contribution in [2.75, 3.05) is 13.2 Å². The smallest absolute Gasteiger partial charge is 0.306 e. The van der Waals surface area contributed by atoms with Crippen molar-refractivity contribution in [3.63, 3.8) is 0 Å². The lowest BCUT2D eigenvalue weighted by Gasteiger charge is -2.18. The van der Waals surface area contributed by atoms with Crippen LogP contribution in [0, 0.1) is 0 Å². The molecule has 0 aliphatic rings. The Labute approximate surface area is 402 Å². The van der Waals surface area contributed by atoms with Gasteiger partial charge in [-0.3, -0.25) is 14.4 Å². The van der Waals surface area contributed by atoms with Gasteiger partial charge in [-0.15, -0.1) is 0 Å². The van der Waals surface area contributed by atoms with Gasteiger partial charge in [0.2, 0.25) is 0 Å². The monoisotopic (exact) mass is 909 g/mol. The highest BCUT2D eigenvalue weighted by Gasteiger charge is 2.19. The van der Waals surface area contributed by atoms with Crippen LogP contribution in [-0.4, -0.2) is 37.2 Å². The molecular weight excluding hydrogens is 805 g/mol. The molecule has 0 radical (unpaired) electrons. The second-order valence-corrected chi connectivity index (χ2v) is 18.5. The van der Waals surface area contributed by atoms with Gasteiger partial charge in [0.25, 0.3) is 0 Å². The third-order valence-electron chi connectivity index (χ3n) is 12.0. The molecule has 6 heteroatoms. The summed E-state index contributed by atoms with van der Waals surface area (Å²) in [5.74, 6) is -0.906. The second-order valence-electron chi connectivity index (χ2n) is 18.5. The SMILES string of the molecule is CC/C=C\C/C=C\C/C=C\CCCCCCCC(=O)OC(COC(=O)CCCCCCC/C=C\C/C=C\CCC)COC(=O)CCCCCCCCCCCCCCCCCCCCC. The summed E-state index contributed by atoms with van der Waals surface area (Å²) in [6.45, 7) is 6.46. The molecule has 1 unspecified atom stereocenters. The molecule has 0 aliphatic carbocycles. The van der Waals surface area contributed by atoms with Gasteiger partial charge in [0.15, 0.2) is 6.10 Å². The van der Waals surface area contributed by atoms with E-state index in [0.29, 0.717) is 19.3 Å². The van der Waals surface area contributed by atoms with Crippen LogP contribution < -0.4 is 0 Å². The first-order chi connectivity index (χ1) is 32.0. The summed E-state index contributed by atoms with van der Waals surface area (Å²) in [5, 5.41) is 0. The summed E-state index contributed by atoms with van der Waals surface area (Å²) in [7, 11) is 0. The van der Waals surface area contributed by atoms with Crippen molar-refractivity contribution in [2.24, 2.45) is 0 Å². The standard InChI is InChI=1S/C59H104O6/c1-4-7-10-13-16-19-22-25-27-28-29-30-32-34-37-40-43-46-49-52-58(61)64-55-56(54-63-57(60)51-48-45-42-39-36-33-24-21-18-15-12-9-6-3)65-59(62)53-50-47-44-41-38-35-31-26-23-20-17-14-11-8-5-2/h8,11-12,15,17,20-21,24,26,31,56H,4-7,9-10,13-14,16,18-19,22-23,25,27-30,32-55H2,1-3H3/b11-8-,15-12-,20-17-,24-21-,31-26-. The Balaban J connectivity index is 4.36. The Hall–Kier alpha value is -2.89. The number of carbonyl (C=O) groups excluding carboxylic acids is 3. The average molecular weight is 909 g/mol. The minimum atomic E-state index is -0.787. The van der Waals surface area contributed by atoms with Crippen LogP contribution in [-0.2, 0) is 28.6 Å². The van der Waals surface area contributed by atoms with Gasteiger partial charge in [0.05, 0.1) is 0 Å². The fraction of sp³-hybridized carbons (Fsp3) is 0.780. The van der Waals surface area contributed by atoms with Crippen molar-refractivity contribution >= 4 is 17.9 Å². The molecule has 0 saturated heterocycles. The molecular formula is C59H104O6. The Kier molecular flexibility index (Phi) is 51.3. The molecule has 0 aromatic heterocycles. The quantitative estimate of drug-likeness (QED) is 0.0262. The maximum Gasteiger partial charge on any atom is 0.306 e. The normalized spacial score (nSPS) is 12.5. The van der Waals surface area contributed by atoms with Crippen LogP contribution in [0.5, 0.6) is 0 Å². The van der Waals surface area contributed by atoms with Crippen molar-refractivity contribution < 1.29 is 28.6 Å². The van der Waals surface area contributed by atoms with E-state index in [4.69, 9.17) is 14.2 Å². The van der Waals surface area contributed by atoms with Crippen LogP contribution in [0.3, 0.4) is 0 Å². The van der Waals surface area contributed by atoms with Crippen molar-refractivity contribution in [1.82, 2.24) is 0 Å². The minimum Gasteiger partial charge on any atom is -0.462 e. The van der Waals surface area contributed by atoms with E-state index in [0.717, 1.165) is 122 Å². The lowest BCUT2D eigenvalue weighted by Crippen LogP contribution is -2.30. The van der Waals surface area contributed by atoms with Gasteiger partial charge in [-0.2, -0.15) is 0 Å². The molecule has 0 aromatic carbocycles. The number of esters is 3. The Morgan fingerprint density at radius 3 is 1.00 bits per heavy atom. The number of carbonyl (C=O) groups is 3. The molecule has 0 N–H and O–H groups in total. The van der Waals surface area contributed by atoms with Gasteiger partial charge < -0.3 is 14.2 Å². The summed E-state index contributed by atoms with van der Waals surface area (Å²) in [6.07, 6.45) is 66.4. The first-order valence-corrected chi connectivity index (χ1v) is 27.8. The maximum absolute atomic E-state index is 12.8. The van der Waals surface area contributed by atoms with Gasteiger partial charge in [-0.25, -0.2) is 0 Å². The molecule has 0 aromatic rings. The molecule has 6 nitrogen and oxygen atoms in total. The lowest BCUT2D eigenvalue weighted by atomic mass is 10.0. The van der Waals surface area contributed by atoms with Crippen molar-refractivity contribution in [1.29, 1.82) is 0 Å². The van der Waals surface area contributed by atoms with Gasteiger partial charge in [0.1, 0.15) is 13.2 Å². The van der Waals surface area contributed by atoms with Crippen LogP contribution in [0.2, 0.25) is 0 Å². The first kappa shape index (κ1) is 62.1. The van der Waals surface area contributed by atoms with E-state index in [9.17, 15) is 14.4 Å². The molecule has 376 valence electrons. The maximum atomic E-state index is 12.8. The number of hydrogen-bond acceptors (Lipinski definition) is 6. The predicted molar refractivity (Wildman–Crippen MR) is 279 cm³/mol. The summed E-state index contributed by atoms with van der Waals surface area (Å²) in [5.41, 5.74) is 0. The van der Waals surface area contributed by atoms with Gasteiger partial charge >= 0.3 is 17.9 Å². The average Bonchev–Trinajstić information content (AvgIpc) is 3.30. The molecule has 0 bridgehead atoms. The molecule has 0 spiro atoms. The van der Waals surface area contributed by atoms with Crippen LogP contribution >= 0.6 is 0 Å². The molecule has 0 fully saturated rings. The predicted octanol–water partition coefficient (Wildman–Crippen LogP) is 18.4. The second kappa shape index (κ2) is 53.7. The fourth-order valence-corrected chi connectivity index (χ4v) is 7.85. The van der Waals surface area contributed by atoms with E-state index in [1.807, 2.05) is 0 Å². The summed E-state index contributed by atoms with van der Waals surface area (Å²) in [4.78, 5) is 38.1. The van der Waals surface area contributed by atoms with Crippen LogP contribution in [0.25, 0.3) is 0 Å². The molecule has 65 heavy (non-hydrogen) atoms. The number of hydrogen-bond donors (Lipinski definition) is 0. The Bertz CT molecular complexity index is 1180. The first-order valence-electron chi connectivity index (χ1n) is 27.8. The molecule has 1 atom stereocenters. The van der Waals surface area contributed by atoms with E-state index in [1.165, 1.54) is 116 Å². The highest BCUT2D eigenvalue weighted by molar-refractivity contribution is 5.71. The largest absolute Gasteiger partial charge is 0.462 e. The summed E-state index contributed by atoms with van der Waals surface area (Å²) < 4.78 is 16.8. The number of ether oxygens (including phenoxy) is 3. The Morgan fingerprint density at radius 1 is 0.323 bits per heavy atom. The molecule has 0 heterocycles. The zero-order valence-corrected chi connectivity index (χ0v) is 43.0. The van der Waals surface area contributed by atoms with Crippen LogP contribution in [0.15, 0.2) is 60.8 Å². The van der Waals surface area contributed by atoms with Crippen molar-refractivity contribution in [2.45, 2.75) is 284 Å². The number of allylic oxidation sites excluding steroid dienone is 10. The molecule has 0 rings (SSSR count). The highest BCUT2D eigenvalue weighted by atomic mass is 16.6. The summed E-state index contributed by atoms with van der Waals surface area (Å²) >= 11 is 0. The van der Waals surface area contributed by atoms with Gasteiger partial charge in [-0.05, 0) is 77.0 Å². The van der Waals surface area contributed by atoms with Crippen LogP contribution in [0.1, 0.15) is 278 Å². The third-order valence-corrected chi connectivity index (χ3v) is 12.0. The van der Waals surface area contributed by atoms with Crippen molar-refractivity contribution in [3.05, 3.63) is 60.8 Å². The Morgan fingerprint density at radius 2 is 0.631 bits per heavy atom. The van der Waals surface area contributed by atoms with Crippen molar-refractivity contribution in [3.8, 4) is 0 Å². The summed E-state index contributed by atoms with van der Waals surface area (Å²) in [6, 6.07) is 0. The fourth-order valence-electron chi connectivity index (χ4n) is 7.85. The lowest BCUT2D eigenvalue weighted by molar-refractivity contribution is -0.167. The van der Waals surface area contributed by atoms with Gasteiger partial charge in [-0.1, -0.05) is 242 Å². The number of rotatable bonds is 50.